The lowest BCUT2D eigenvalue weighted by Gasteiger charge is -2.11. The van der Waals surface area contributed by atoms with E-state index in [0.717, 1.165) is 31.4 Å². The van der Waals surface area contributed by atoms with Crippen molar-refractivity contribution >= 4 is 29.9 Å². The molecule has 0 aliphatic heterocycles. The highest BCUT2D eigenvalue weighted by Crippen LogP contribution is 1.95. The Morgan fingerprint density at radius 1 is 1.25 bits per heavy atom. The first kappa shape index (κ1) is 18.1. The third kappa shape index (κ3) is 11.8. The number of hydrogen-bond donors (Lipinski definition) is 2. The van der Waals surface area contributed by atoms with Gasteiger partial charge in [-0.15, -0.1) is 24.0 Å². The molecule has 0 saturated carbocycles. The minimum atomic E-state index is 0. The predicted molar refractivity (Wildman–Crippen MR) is 83.7 cm³/mol. The van der Waals surface area contributed by atoms with Gasteiger partial charge in [-0.05, 0) is 25.7 Å². The zero-order valence-electron chi connectivity index (χ0n) is 10.9. The van der Waals surface area contributed by atoms with Gasteiger partial charge in [0.25, 0.3) is 0 Å². The van der Waals surface area contributed by atoms with Gasteiger partial charge in [0.15, 0.2) is 5.96 Å². The highest BCUT2D eigenvalue weighted by molar-refractivity contribution is 14.0. The molecule has 96 valence electrons. The van der Waals surface area contributed by atoms with Gasteiger partial charge < -0.3 is 10.6 Å². The molecule has 0 aliphatic carbocycles. The van der Waals surface area contributed by atoms with Crippen LogP contribution in [0.4, 0.5) is 0 Å². The van der Waals surface area contributed by atoms with Crippen LogP contribution in [0.15, 0.2) is 17.1 Å². The van der Waals surface area contributed by atoms with E-state index < -0.39 is 0 Å². The van der Waals surface area contributed by atoms with E-state index in [1.165, 1.54) is 6.42 Å². The summed E-state index contributed by atoms with van der Waals surface area (Å²) >= 11 is 0. The zero-order chi connectivity index (χ0) is 11.5. The average molecular weight is 339 g/mol. The standard InChI is InChI=1S/C12H25N3.HI/c1-5-6-7-9-14-12(13-4)15-10-8-11(2)3;/h5-6,11H,7-10H2,1-4H3,(H2,13,14,15);1H. The smallest absolute Gasteiger partial charge is 0.190 e. The monoisotopic (exact) mass is 339 g/mol. The number of halogens is 1. The minimum Gasteiger partial charge on any atom is -0.356 e. The van der Waals surface area contributed by atoms with E-state index >= 15 is 0 Å². The van der Waals surface area contributed by atoms with Crippen molar-refractivity contribution in [1.29, 1.82) is 0 Å². The maximum atomic E-state index is 4.15. The lowest BCUT2D eigenvalue weighted by Crippen LogP contribution is -2.38. The van der Waals surface area contributed by atoms with Crippen molar-refractivity contribution in [3.63, 3.8) is 0 Å². The van der Waals surface area contributed by atoms with Crippen LogP contribution in [0.5, 0.6) is 0 Å². The Labute approximate surface area is 117 Å². The van der Waals surface area contributed by atoms with Gasteiger partial charge in [-0.25, -0.2) is 0 Å². The third-order valence-corrected chi connectivity index (χ3v) is 2.08. The molecule has 0 rings (SSSR count). The van der Waals surface area contributed by atoms with Gasteiger partial charge in [-0.3, -0.25) is 4.99 Å². The molecule has 0 bridgehead atoms. The minimum absolute atomic E-state index is 0. The van der Waals surface area contributed by atoms with E-state index in [1.54, 1.807) is 7.05 Å². The molecule has 4 heteroatoms. The number of allylic oxidation sites excluding steroid dienone is 1. The SMILES string of the molecule is CC=CCCNC(=NC)NCCC(C)C.I. The van der Waals surface area contributed by atoms with Crippen molar-refractivity contribution in [3.8, 4) is 0 Å². The van der Waals surface area contributed by atoms with Crippen molar-refractivity contribution in [2.24, 2.45) is 10.9 Å². The molecular formula is C12H26IN3. The maximum absolute atomic E-state index is 4.15. The molecule has 0 unspecified atom stereocenters. The second kappa shape index (κ2) is 12.8. The Kier molecular flexibility index (Phi) is 14.5. The number of hydrogen-bond acceptors (Lipinski definition) is 1. The van der Waals surface area contributed by atoms with E-state index in [9.17, 15) is 0 Å². The van der Waals surface area contributed by atoms with Gasteiger partial charge in [0.1, 0.15) is 0 Å². The fourth-order valence-corrected chi connectivity index (χ4v) is 1.14. The Bertz CT molecular complexity index is 200. The maximum Gasteiger partial charge on any atom is 0.190 e. The van der Waals surface area contributed by atoms with Crippen LogP contribution < -0.4 is 10.6 Å². The molecule has 0 aliphatic rings. The van der Waals surface area contributed by atoms with Crippen LogP contribution in [-0.4, -0.2) is 26.1 Å². The van der Waals surface area contributed by atoms with Crippen LogP contribution in [0.1, 0.15) is 33.6 Å². The molecule has 0 atom stereocenters. The number of rotatable bonds is 6. The molecule has 0 fully saturated rings. The Balaban J connectivity index is 0. The van der Waals surface area contributed by atoms with Gasteiger partial charge in [0.2, 0.25) is 0 Å². The number of nitrogens with zero attached hydrogens (tertiary/aromatic N) is 1. The summed E-state index contributed by atoms with van der Waals surface area (Å²) in [5.41, 5.74) is 0. The average Bonchev–Trinajstić information content (AvgIpc) is 2.21. The molecule has 0 spiro atoms. The van der Waals surface area contributed by atoms with Crippen molar-refractivity contribution in [3.05, 3.63) is 12.2 Å². The molecule has 0 aromatic heterocycles. The highest BCUT2D eigenvalue weighted by atomic mass is 127. The summed E-state index contributed by atoms with van der Waals surface area (Å²) in [4.78, 5) is 4.15. The quantitative estimate of drug-likeness (QED) is 0.257. The molecule has 0 amide bonds. The molecule has 0 radical (unpaired) electrons. The van der Waals surface area contributed by atoms with Crippen LogP contribution in [0.25, 0.3) is 0 Å². The summed E-state index contributed by atoms with van der Waals surface area (Å²) in [5.74, 6) is 1.64. The topological polar surface area (TPSA) is 36.4 Å². The second-order valence-corrected chi connectivity index (χ2v) is 3.97. The molecule has 16 heavy (non-hydrogen) atoms. The predicted octanol–water partition coefficient (Wildman–Crippen LogP) is 2.78. The van der Waals surface area contributed by atoms with Crippen molar-refractivity contribution in [1.82, 2.24) is 10.6 Å². The molecule has 0 saturated heterocycles. The Hall–Kier alpha value is -0.260. The number of guanidine groups is 1. The van der Waals surface area contributed by atoms with Crippen LogP contribution in [0.2, 0.25) is 0 Å². The number of aliphatic imine (C=N–C) groups is 1. The fraction of sp³-hybridized carbons (Fsp3) is 0.750. The lowest BCUT2D eigenvalue weighted by atomic mass is 10.1. The first-order valence-electron chi connectivity index (χ1n) is 5.76. The van der Waals surface area contributed by atoms with E-state index in [1.807, 2.05) is 6.92 Å². The normalized spacial score (nSPS) is 11.7. The van der Waals surface area contributed by atoms with Crippen LogP contribution in [0, 0.1) is 5.92 Å². The Morgan fingerprint density at radius 3 is 2.38 bits per heavy atom. The number of nitrogens with one attached hydrogen (secondary N) is 2. The molecule has 0 heterocycles. The summed E-state index contributed by atoms with van der Waals surface area (Å²) in [5, 5.41) is 6.56. The summed E-state index contributed by atoms with van der Waals surface area (Å²) in [6.45, 7) is 8.41. The van der Waals surface area contributed by atoms with Crippen molar-refractivity contribution in [2.45, 2.75) is 33.6 Å². The molecule has 2 N–H and O–H groups in total. The molecule has 0 aromatic rings. The van der Waals surface area contributed by atoms with Gasteiger partial charge in [-0.2, -0.15) is 0 Å². The largest absolute Gasteiger partial charge is 0.356 e. The first-order valence-corrected chi connectivity index (χ1v) is 5.76. The molecule has 0 aromatic carbocycles. The van der Waals surface area contributed by atoms with E-state index in [-0.39, 0.29) is 24.0 Å². The van der Waals surface area contributed by atoms with Crippen LogP contribution >= 0.6 is 24.0 Å². The highest BCUT2D eigenvalue weighted by Gasteiger charge is 1.97. The summed E-state index contributed by atoms with van der Waals surface area (Å²) < 4.78 is 0. The summed E-state index contributed by atoms with van der Waals surface area (Å²) in [6, 6.07) is 0. The Morgan fingerprint density at radius 2 is 1.88 bits per heavy atom. The first-order chi connectivity index (χ1) is 7.20. The summed E-state index contributed by atoms with van der Waals surface area (Å²) in [7, 11) is 1.81. The van der Waals surface area contributed by atoms with Gasteiger partial charge >= 0.3 is 0 Å². The molecule has 3 nitrogen and oxygen atoms in total. The van der Waals surface area contributed by atoms with Crippen LogP contribution in [-0.2, 0) is 0 Å². The van der Waals surface area contributed by atoms with Gasteiger partial charge in [0, 0.05) is 20.1 Å². The van der Waals surface area contributed by atoms with E-state index in [0.29, 0.717) is 0 Å². The van der Waals surface area contributed by atoms with E-state index in [4.69, 9.17) is 0 Å². The van der Waals surface area contributed by atoms with Crippen molar-refractivity contribution < 1.29 is 0 Å². The fourth-order valence-electron chi connectivity index (χ4n) is 1.14. The van der Waals surface area contributed by atoms with E-state index in [2.05, 4.69) is 41.6 Å². The molecular weight excluding hydrogens is 313 g/mol. The second-order valence-electron chi connectivity index (χ2n) is 3.97. The van der Waals surface area contributed by atoms with Crippen LogP contribution in [0.3, 0.4) is 0 Å². The van der Waals surface area contributed by atoms with Crippen molar-refractivity contribution in [2.75, 3.05) is 20.1 Å². The zero-order valence-corrected chi connectivity index (χ0v) is 13.2. The summed E-state index contributed by atoms with van der Waals surface area (Å²) in [6.07, 6.45) is 6.43. The van der Waals surface area contributed by atoms with Gasteiger partial charge in [0.05, 0.1) is 0 Å². The third-order valence-electron chi connectivity index (χ3n) is 2.08. The lowest BCUT2D eigenvalue weighted by molar-refractivity contribution is 0.574. The van der Waals surface area contributed by atoms with Gasteiger partial charge in [-0.1, -0.05) is 26.0 Å².